The van der Waals surface area contributed by atoms with Crippen molar-refractivity contribution in [1.29, 1.82) is 5.41 Å². The first-order chi connectivity index (χ1) is 18.6. The summed E-state index contributed by atoms with van der Waals surface area (Å²) >= 11 is 0. The number of hydrogen-bond donors (Lipinski definition) is 4. The molecule has 3 amide bonds. The molecule has 0 saturated carbocycles. The van der Waals surface area contributed by atoms with Crippen LogP contribution in [0.25, 0.3) is 0 Å². The lowest BCUT2D eigenvalue weighted by atomic mass is 10.2. The lowest BCUT2D eigenvalue weighted by Crippen LogP contribution is -2.41. The maximum absolute atomic E-state index is 12.5. The van der Waals surface area contributed by atoms with Gasteiger partial charge in [-0.2, -0.15) is 0 Å². The first kappa shape index (κ1) is 25.2. The normalized spacial score (nSPS) is 15.8. The molecule has 3 heterocycles. The summed E-state index contributed by atoms with van der Waals surface area (Å²) in [6, 6.07) is 17.3. The lowest BCUT2D eigenvalue weighted by molar-refractivity contribution is 0.0682. The molecule has 196 valence electrons. The summed E-state index contributed by atoms with van der Waals surface area (Å²) in [5.74, 6) is 0.858. The van der Waals surface area contributed by atoms with Crippen LogP contribution in [-0.4, -0.2) is 77.8 Å². The summed E-state index contributed by atoms with van der Waals surface area (Å²) in [5.41, 5.74) is 3.27. The van der Waals surface area contributed by atoms with E-state index in [9.17, 15) is 9.59 Å². The van der Waals surface area contributed by atoms with Crippen molar-refractivity contribution < 1.29 is 14.3 Å². The molecule has 2 aliphatic heterocycles. The van der Waals surface area contributed by atoms with Crippen molar-refractivity contribution in [3.8, 4) is 0 Å². The number of benzene rings is 2. The number of aromatic nitrogens is 1. The highest BCUT2D eigenvalue weighted by Crippen LogP contribution is 2.17. The molecule has 5 rings (SSSR count). The molecule has 0 spiro atoms. The quantitative estimate of drug-likeness (QED) is 0.304. The van der Waals surface area contributed by atoms with Crippen molar-refractivity contribution in [2.24, 2.45) is 4.99 Å². The fraction of sp³-hybridized carbons (Fsp3) is 0.286. The van der Waals surface area contributed by atoms with Gasteiger partial charge in [-0.3, -0.25) is 10.2 Å². The van der Waals surface area contributed by atoms with Gasteiger partial charge in [-0.05, 0) is 73.5 Å². The Morgan fingerprint density at radius 1 is 0.816 bits per heavy atom. The molecule has 0 bridgehead atoms. The SMILES string of the molecule is N=C(/N=C(\c1ccc[nH]1)N1CCOCC1)c1ccc(NC(=O)Nc2ccc(C(=O)N3CCCC3)cc2)cc1. The standard InChI is InChI=1S/C28H31N7O3/c29-25(33-26(24-4-3-13-30-24)34-16-18-38-19-17-34)20-5-9-22(10-6-20)31-28(37)32-23-11-7-21(8-12-23)27(36)35-14-1-2-15-35/h3-13,29-30H,1-2,14-19H2,(H2,31,32,37)/b29-25?,33-26+. The number of nitrogens with one attached hydrogen (secondary N) is 4. The van der Waals surface area contributed by atoms with Gasteiger partial charge in [-0.15, -0.1) is 0 Å². The number of aromatic amines is 1. The van der Waals surface area contributed by atoms with Gasteiger partial charge in [0.05, 0.1) is 18.9 Å². The van der Waals surface area contributed by atoms with E-state index in [0.717, 1.165) is 31.6 Å². The van der Waals surface area contributed by atoms with Gasteiger partial charge in [-0.25, -0.2) is 9.79 Å². The minimum atomic E-state index is -0.397. The number of likely N-dealkylation sites (tertiary alicyclic amines) is 1. The van der Waals surface area contributed by atoms with Crippen LogP contribution in [0.1, 0.15) is 34.5 Å². The van der Waals surface area contributed by atoms with E-state index in [2.05, 4.69) is 25.5 Å². The number of amides is 3. The lowest BCUT2D eigenvalue weighted by Gasteiger charge is -2.29. The van der Waals surface area contributed by atoms with E-state index in [0.29, 0.717) is 54.6 Å². The molecule has 2 aliphatic rings. The highest BCUT2D eigenvalue weighted by atomic mass is 16.5. The molecular weight excluding hydrogens is 482 g/mol. The summed E-state index contributed by atoms with van der Waals surface area (Å²) in [7, 11) is 0. The Labute approximate surface area is 221 Å². The van der Waals surface area contributed by atoms with E-state index >= 15 is 0 Å². The van der Waals surface area contributed by atoms with Gasteiger partial charge in [0.25, 0.3) is 5.91 Å². The maximum atomic E-state index is 12.5. The van der Waals surface area contributed by atoms with Gasteiger partial charge in [-0.1, -0.05) is 0 Å². The zero-order valence-electron chi connectivity index (χ0n) is 21.1. The van der Waals surface area contributed by atoms with E-state index in [1.165, 1.54) is 0 Å². The van der Waals surface area contributed by atoms with Crippen LogP contribution >= 0.6 is 0 Å². The van der Waals surface area contributed by atoms with Crippen molar-refractivity contribution in [1.82, 2.24) is 14.8 Å². The molecule has 0 unspecified atom stereocenters. The second-order valence-corrected chi connectivity index (χ2v) is 9.20. The highest BCUT2D eigenvalue weighted by molar-refractivity contribution is 6.10. The summed E-state index contributed by atoms with van der Waals surface area (Å²) in [4.78, 5) is 36.8. The minimum absolute atomic E-state index is 0.0263. The Balaban J connectivity index is 1.19. The highest BCUT2D eigenvalue weighted by Gasteiger charge is 2.20. The van der Waals surface area contributed by atoms with E-state index in [-0.39, 0.29) is 11.7 Å². The molecule has 0 aliphatic carbocycles. The Bertz CT molecular complexity index is 1290. The third kappa shape index (κ3) is 6.09. The van der Waals surface area contributed by atoms with Gasteiger partial charge < -0.3 is 30.2 Å². The molecule has 10 nitrogen and oxygen atoms in total. The van der Waals surface area contributed by atoms with E-state index < -0.39 is 6.03 Å². The Morgan fingerprint density at radius 3 is 2.00 bits per heavy atom. The number of H-pyrrole nitrogens is 1. The number of aliphatic imine (C=N–C) groups is 1. The van der Waals surface area contributed by atoms with Crippen molar-refractivity contribution >= 4 is 35.0 Å². The van der Waals surface area contributed by atoms with Gasteiger partial charge in [0, 0.05) is 54.9 Å². The first-order valence-electron chi connectivity index (χ1n) is 12.8. The fourth-order valence-corrected chi connectivity index (χ4v) is 4.52. The van der Waals surface area contributed by atoms with Crippen LogP contribution in [0.5, 0.6) is 0 Å². The number of urea groups is 1. The number of amidine groups is 2. The zero-order valence-corrected chi connectivity index (χ0v) is 21.1. The van der Waals surface area contributed by atoms with Crippen LogP contribution in [-0.2, 0) is 4.74 Å². The van der Waals surface area contributed by atoms with Crippen LogP contribution in [0.15, 0.2) is 71.9 Å². The van der Waals surface area contributed by atoms with E-state index in [4.69, 9.17) is 10.1 Å². The molecule has 10 heteroatoms. The molecule has 3 aromatic rings. The number of nitrogens with zero attached hydrogens (tertiary/aromatic N) is 3. The molecule has 2 saturated heterocycles. The number of carbonyl (C=O) groups is 2. The first-order valence-corrected chi connectivity index (χ1v) is 12.8. The Morgan fingerprint density at radius 2 is 1.42 bits per heavy atom. The third-order valence-corrected chi connectivity index (χ3v) is 6.57. The Kier molecular flexibility index (Phi) is 7.79. The molecule has 38 heavy (non-hydrogen) atoms. The summed E-state index contributed by atoms with van der Waals surface area (Å²) in [6.07, 6.45) is 3.93. The van der Waals surface area contributed by atoms with Crippen LogP contribution in [0.4, 0.5) is 16.2 Å². The van der Waals surface area contributed by atoms with Gasteiger partial charge >= 0.3 is 6.03 Å². The maximum Gasteiger partial charge on any atom is 0.323 e. The molecule has 0 radical (unpaired) electrons. The zero-order chi connectivity index (χ0) is 26.3. The average molecular weight is 514 g/mol. The molecular formula is C28H31N7O3. The van der Waals surface area contributed by atoms with Crippen molar-refractivity contribution in [3.63, 3.8) is 0 Å². The third-order valence-electron chi connectivity index (χ3n) is 6.57. The average Bonchev–Trinajstić information content (AvgIpc) is 3.68. The fourth-order valence-electron chi connectivity index (χ4n) is 4.52. The second-order valence-electron chi connectivity index (χ2n) is 9.20. The number of carbonyl (C=O) groups excluding carboxylic acids is 2. The van der Waals surface area contributed by atoms with Crippen LogP contribution in [0.3, 0.4) is 0 Å². The van der Waals surface area contributed by atoms with Crippen molar-refractivity contribution in [2.45, 2.75) is 12.8 Å². The molecule has 2 fully saturated rings. The van der Waals surface area contributed by atoms with E-state index in [1.807, 2.05) is 23.2 Å². The summed E-state index contributed by atoms with van der Waals surface area (Å²) < 4.78 is 5.46. The van der Waals surface area contributed by atoms with Crippen LogP contribution in [0.2, 0.25) is 0 Å². The number of rotatable bonds is 5. The van der Waals surface area contributed by atoms with Crippen LogP contribution < -0.4 is 10.6 Å². The van der Waals surface area contributed by atoms with Crippen LogP contribution in [0, 0.1) is 5.41 Å². The predicted octanol–water partition coefficient (Wildman–Crippen LogP) is 4.00. The van der Waals surface area contributed by atoms with Gasteiger partial charge in [0.1, 0.15) is 0 Å². The largest absolute Gasteiger partial charge is 0.378 e. The number of ether oxygens (including phenoxy) is 1. The molecule has 2 aromatic carbocycles. The monoisotopic (exact) mass is 513 g/mol. The minimum Gasteiger partial charge on any atom is -0.378 e. The smallest absolute Gasteiger partial charge is 0.323 e. The number of morpholine rings is 1. The van der Waals surface area contributed by atoms with E-state index in [1.54, 1.807) is 48.5 Å². The van der Waals surface area contributed by atoms with Gasteiger partial charge in [0.2, 0.25) is 0 Å². The van der Waals surface area contributed by atoms with Crippen molar-refractivity contribution in [3.05, 3.63) is 83.7 Å². The number of hydrogen-bond acceptors (Lipinski definition) is 4. The Hall–Kier alpha value is -4.44. The molecule has 0 atom stereocenters. The number of anilines is 2. The second kappa shape index (κ2) is 11.7. The topological polar surface area (TPSA) is 126 Å². The molecule has 1 aromatic heterocycles. The van der Waals surface area contributed by atoms with Crippen molar-refractivity contribution in [2.75, 3.05) is 50.0 Å². The predicted molar refractivity (Wildman–Crippen MR) is 147 cm³/mol. The summed E-state index contributed by atoms with van der Waals surface area (Å²) in [5, 5.41) is 14.1. The summed E-state index contributed by atoms with van der Waals surface area (Å²) in [6.45, 7) is 4.26. The van der Waals surface area contributed by atoms with Gasteiger partial charge in [0.15, 0.2) is 11.7 Å². The molecule has 4 N–H and O–H groups in total.